The van der Waals surface area contributed by atoms with Crippen LogP contribution >= 0.6 is 11.6 Å². The molecule has 1 aliphatic rings. The van der Waals surface area contributed by atoms with Crippen LogP contribution in [0.1, 0.15) is 47.1 Å². The van der Waals surface area contributed by atoms with E-state index in [0.29, 0.717) is 16.3 Å². The molecular formula is C23H35ClN6O5. The molecule has 194 valence electrons. The number of rotatable bonds is 2. The van der Waals surface area contributed by atoms with Gasteiger partial charge in [0.25, 0.3) is 0 Å². The molecule has 1 heterocycles. The summed E-state index contributed by atoms with van der Waals surface area (Å²) in [5.74, 6) is -0.0341. The third-order valence-corrected chi connectivity index (χ3v) is 4.89. The number of nitrogens with two attached hydrogens (primary N) is 1. The summed E-state index contributed by atoms with van der Waals surface area (Å²) in [6.07, 6.45) is -1.63. The Balaban J connectivity index is 2.59. The van der Waals surface area contributed by atoms with Crippen LogP contribution in [-0.4, -0.2) is 82.4 Å². The van der Waals surface area contributed by atoms with Gasteiger partial charge in [-0.2, -0.15) is 0 Å². The number of benzene rings is 1. The van der Waals surface area contributed by atoms with Gasteiger partial charge in [-0.1, -0.05) is 17.7 Å². The number of carbonyl (C=O) groups is 3. The molecule has 1 aromatic carbocycles. The number of hydrogen-bond donors (Lipinski definition) is 1. The fourth-order valence-electron chi connectivity index (χ4n) is 3.17. The van der Waals surface area contributed by atoms with E-state index in [1.807, 2.05) is 0 Å². The molecule has 2 rings (SSSR count). The fraction of sp³-hybridized carbons (Fsp3) is 0.565. The maximum atomic E-state index is 13.4. The lowest BCUT2D eigenvalue weighted by Gasteiger charge is -2.42. The number of hydrogen-bond acceptors (Lipinski definition) is 6. The summed E-state index contributed by atoms with van der Waals surface area (Å²) >= 11 is 6.06. The molecule has 1 aromatic rings. The first-order valence-electron chi connectivity index (χ1n) is 11.0. The molecule has 1 fully saturated rings. The van der Waals surface area contributed by atoms with Gasteiger partial charge in [0.1, 0.15) is 11.2 Å². The number of urea groups is 1. The SMILES string of the molecule is CN1CN(C(=NC(=O)OC(C)(C)C)N(Cc2ccc(Cl)c(N)c2)C(=O)OC(C)(C)C)CN(C)C1=O. The topological polar surface area (TPSA) is 121 Å². The van der Waals surface area contributed by atoms with Gasteiger partial charge in [-0.3, -0.25) is 0 Å². The Hall–Kier alpha value is -3.21. The zero-order chi connectivity index (χ0) is 26.7. The van der Waals surface area contributed by atoms with Crippen LogP contribution in [0.3, 0.4) is 0 Å². The molecule has 0 unspecified atom stereocenters. The zero-order valence-corrected chi connectivity index (χ0v) is 22.3. The van der Waals surface area contributed by atoms with Gasteiger partial charge >= 0.3 is 18.2 Å². The van der Waals surface area contributed by atoms with Crippen molar-refractivity contribution in [3.8, 4) is 0 Å². The Kier molecular flexibility index (Phi) is 8.48. The highest BCUT2D eigenvalue weighted by Crippen LogP contribution is 2.23. The second kappa shape index (κ2) is 10.6. The molecule has 1 saturated heterocycles. The quantitative estimate of drug-likeness (QED) is 0.360. The molecule has 11 nitrogen and oxygen atoms in total. The highest BCUT2D eigenvalue weighted by molar-refractivity contribution is 6.33. The summed E-state index contributed by atoms with van der Waals surface area (Å²) in [4.78, 5) is 48.3. The summed E-state index contributed by atoms with van der Waals surface area (Å²) in [5, 5.41) is 0.373. The van der Waals surface area contributed by atoms with Crippen molar-refractivity contribution in [3.63, 3.8) is 0 Å². The largest absolute Gasteiger partial charge is 0.443 e. The van der Waals surface area contributed by atoms with Crippen molar-refractivity contribution < 1.29 is 23.9 Å². The fourth-order valence-corrected chi connectivity index (χ4v) is 3.29. The number of anilines is 1. The number of guanidine groups is 1. The maximum absolute atomic E-state index is 13.4. The predicted octanol–water partition coefficient (Wildman–Crippen LogP) is 4.16. The van der Waals surface area contributed by atoms with Crippen molar-refractivity contribution in [2.24, 2.45) is 4.99 Å². The van der Waals surface area contributed by atoms with Crippen molar-refractivity contribution >= 4 is 41.5 Å². The van der Waals surface area contributed by atoms with Gasteiger partial charge in [0.05, 0.1) is 30.6 Å². The number of nitrogen functional groups attached to an aromatic ring is 1. The van der Waals surface area contributed by atoms with Crippen molar-refractivity contribution in [3.05, 3.63) is 28.8 Å². The van der Waals surface area contributed by atoms with Gasteiger partial charge in [0.15, 0.2) is 0 Å². The van der Waals surface area contributed by atoms with Gasteiger partial charge in [-0.15, -0.1) is 4.99 Å². The molecule has 0 saturated carbocycles. The lowest BCUT2D eigenvalue weighted by molar-refractivity contribution is 0.0300. The monoisotopic (exact) mass is 510 g/mol. The minimum Gasteiger partial charge on any atom is -0.443 e. The molecule has 0 aromatic heterocycles. The average Bonchev–Trinajstić information content (AvgIpc) is 2.68. The first-order valence-corrected chi connectivity index (χ1v) is 11.4. The summed E-state index contributed by atoms with van der Waals surface area (Å²) in [7, 11) is 3.21. The summed E-state index contributed by atoms with van der Waals surface area (Å²) in [6.45, 7) is 10.4. The van der Waals surface area contributed by atoms with Crippen LogP contribution in [0.5, 0.6) is 0 Å². The van der Waals surface area contributed by atoms with Crippen LogP contribution in [0.4, 0.5) is 20.1 Å². The zero-order valence-electron chi connectivity index (χ0n) is 21.6. The molecule has 35 heavy (non-hydrogen) atoms. The minimum absolute atomic E-state index is 0.0320. The maximum Gasteiger partial charge on any atom is 0.437 e. The molecule has 4 amide bonds. The van der Waals surface area contributed by atoms with E-state index in [1.54, 1.807) is 78.7 Å². The number of amides is 4. The Morgan fingerprint density at radius 3 is 2.09 bits per heavy atom. The normalized spacial score (nSPS) is 15.3. The predicted molar refractivity (Wildman–Crippen MR) is 134 cm³/mol. The van der Waals surface area contributed by atoms with Gasteiger partial charge in [-0.25, -0.2) is 19.3 Å². The van der Waals surface area contributed by atoms with E-state index < -0.39 is 23.4 Å². The van der Waals surface area contributed by atoms with E-state index in [-0.39, 0.29) is 31.9 Å². The van der Waals surface area contributed by atoms with Crippen molar-refractivity contribution in [2.75, 3.05) is 33.2 Å². The number of ether oxygens (including phenoxy) is 2. The smallest absolute Gasteiger partial charge is 0.437 e. The standard InChI is InChI=1S/C23H35ClN6O5/c1-22(2,3)34-19(31)26-18(29-13-27(7)20(32)28(8)14-29)30(21(33)35-23(4,5)6)12-15-9-10-16(24)17(25)11-15/h9-11H,12-14,25H2,1-8H3. The Morgan fingerprint density at radius 2 is 1.60 bits per heavy atom. The molecule has 0 spiro atoms. The number of halogens is 1. The van der Waals surface area contributed by atoms with Crippen LogP contribution in [0, 0.1) is 0 Å². The third kappa shape index (κ3) is 8.20. The Labute approximate surface area is 211 Å². The highest BCUT2D eigenvalue weighted by Gasteiger charge is 2.35. The Morgan fingerprint density at radius 1 is 1.06 bits per heavy atom. The Bertz CT molecular complexity index is 987. The first kappa shape index (κ1) is 28.0. The number of aliphatic imine (C=N–C) groups is 1. The number of carbonyl (C=O) groups excluding carboxylic acids is 3. The van der Waals surface area contributed by atoms with Gasteiger partial charge in [0, 0.05) is 14.1 Å². The van der Waals surface area contributed by atoms with Gasteiger partial charge < -0.3 is 29.9 Å². The van der Waals surface area contributed by atoms with Crippen LogP contribution in [0.2, 0.25) is 5.02 Å². The second-order valence-corrected chi connectivity index (χ2v) is 10.7. The summed E-state index contributed by atoms with van der Waals surface area (Å²) < 4.78 is 11.0. The minimum atomic E-state index is -0.890. The second-order valence-electron chi connectivity index (χ2n) is 10.3. The molecule has 2 N–H and O–H groups in total. The van der Waals surface area contributed by atoms with E-state index in [1.165, 1.54) is 14.7 Å². The molecule has 0 radical (unpaired) electrons. The van der Waals surface area contributed by atoms with E-state index in [2.05, 4.69) is 4.99 Å². The first-order chi connectivity index (χ1) is 16.0. The molecule has 0 atom stereocenters. The van der Waals surface area contributed by atoms with E-state index in [4.69, 9.17) is 26.8 Å². The highest BCUT2D eigenvalue weighted by atomic mass is 35.5. The van der Waals surface area contributed by atoms with E-state index in [9.17, 15) is 14.4 Å². The number of nitrogens with zero attached hydrogens (tertiary/aromatic N) is 5. The molecule has 0 aliphatic carbocycles. The van der Waals surface area contributed by atoms with Gasteiger partial charge in [0.2, 0.25) is 5.96 Å². The van der Waals surface area contributed by atoms with Crippen LogP contribution < -0.4 is 5.73 Å². The van der Waals surface area contributed by atoms with Crippen LogP contribution in [0.25, 0.3) is 0 Å². The lowest BCUT2D eigenvalue weighted by Crippen LogP contribution is -2.60. The average molecular weight is 511 g/mol. The molecule has 12 heteroatoms. The van der Waals surface area contributed by atoms with Crippen LogP contribution in [-0.2, 0) is 16.0 Å². The molecule has 0 bridgehead atoms. The summed E-state index contributed by atoms with van der Waals surface area (Å²) in [5.41, 5.74) is 5.30. The van der Waals surface area contributed by atoms with Gasteiger partial charge in [-0.05, 0) is 59.2 Å². The van der Waals surface area contributed by atoms with E-state index >= 15 is 0 Å². The summed E-state index contributed by atoms with van der Waals surface area (Å²) in [6, 6.07) is 4.74. The molecular weight excluding hydrogens is 476 g/mol. The van der Waals surface area contributed by atoms with Crippen molar-refractivity contribution in [1.29, 1.82) is 0 Å². The lowest BCUT2D eigenvalue weighted by atomic mass is 10.2. The third-order valence-electron chi connectivity index (χ3n) is 4.54. The van der Waals surface area contributed by atoms with E-state index in [0.717, 1.165) is 0 Å². The van der Waals surface area contributed by atoms with Crippen molar-refractivity contribution in [1.82, 2.24) is 19.6 Å². The van der Waals surface area contributed by atoms with Crippen LogP contribution in [0.15, 0.2) is 23.2 Å². The van der Waals surface area contributed by atoms with Crippen molar-refractivity contribution in [2.45, 2.75) is 59.3 Å². The molecule has 1 aliphatic heterocycles.